The van der Waals surface area contributed by atoms with Crippen molar-refractivity contribution >= 4 is 49.3 Å². The maximum atomic E-state index is 13.3. The fraction of sp³-hybridized carbons (Fsp3) is 0.160. The van der Waals surface area contributed by atoms with Crippen LogP contribution in [-0.2, 0) is 17.8 Å². The van der Waals surface area contributed by atoms with E-state index in [0.717, 1.165) is 28.5 Å². The number of nitrogens with zero attached hydrogens (tertiary/aromatic N) is 3. The molecule has 5 rings (SSSR count). The van der Waals surface area contributed by atoms with Crippen molar-refractivity contribution in [2.75, 3.05) is 5.32 Å². The first kappa shape index (κ1) is 21.3. The van der Waals surface area contributed by atoms with Crippen molar-refractivity contribution in [1.82, 2.24) is 14.7 Å². The molecular formula is C25H20BrFN4O2. The number of amides is 1. The number of nitrogens with one attached hydrogen (secondary N) is 1. The van der Waals surface area contributed by atoms with Gasteiger partial charge in [0.2, 0.25) is 17.6 Å². The molecule has 3 aromatic carbocycles. The van der Waals surface area contributed by atoms with Gasteiger partial charge in [-0.3, -0.25) is 4.79 Å². The lowest BCUT2D eigenvalue weighted by atomic mass is 10.1. The van der Waals surface area contributed by atoms with E-state index < -0.39 is 0 Å². The highest BCUT2D eigenvalue weighted by atomic mass is 79.9. The summed E-state index contributed by atoms with van der Waals surface area (Å²) in [6.07, 6.45) is 0.496. The third-order valence-electron chi connectivity index (χ3n) is 5.58. The average Bonchev–Trinajstić information content (AvgIpc) is 3.40. The van der Waals surface area contributed by atoms with E-state index in [2.05, 4.69) is 55.0 Å². The lowest BCUT2D eigenvalue weighted by Crippen LogP contribution is -2.12. The Morgan fingerprint density at radius 1 is 1.09 bits per heavy atom. The third-order valence-corrected chi connectivity index (χ3v) is 6.23. The van der Waals surface area contributed by atoms with Crippen LogP contribution in [0.2, 0.25) is 0 Å². The molecule has 2 heterocycles. The summed E-state index contributed by atoms with van der Waals surface area (Å²) in [5.74, 6) is 0.188. The molecule has 0 unspecified atom stereocenters. The topological polar surface area (TPSA) is 73.0 Å². The van der Waals surface area contributed by atoms with Crippen LogP contribution in [0.25, 0.3) is 33.2 Å². The summed E-state index contributed by atoms with van der Waals surface area (Å²) < 4.78 is 21.4. The first-order valence-electron chi connectivity index (χ1n) is 10.6. The van der Waals surface area contributed by atoms with Crippen LogP contribution in [0.5, 0.6) is 0 Å². The van der Waals surface area contributed by atoms with Crippen molar-refractivity contribution < 1.29 is 13.7 Å². The number of anilines is 1. The maximum absolute atomic E-state index is 13.3. The zero-order valence-electron chi connectivity index (χ0n) is 17.8. The van der Waals surface area contributed by atoms with Crippen LogP contribution < -0.4 is 5.32 Å². The van der Waals surface area contributed by atoms with Crippen LogP contribution in [0, 0.1) is 5.82 Å². The zero-order chi connectivity index (χ0) is 22.9. The van der Waals surface area contributed by atoms with E-state index in [1.54, 1.807) is 6.07 Å². The van der Waals surface area contributed by atoms with Crippen molar-refractivity contribution in [2.45, 2.75) is 26.3 Å². The van der Waals surface area contributed by atoms with Crippen molar-refractivity contribution in [3.63, 3.8) is 0 Å². The number of aryl methyl sites for hydroxylation is 2. The first-order chi connectivity index (χ1) is 16.0. The van der Waals surface area contributed by atoms with Gasteiger partial charge in [-0.05, 0) is 65.3 Å². The minimum Gasteiger partial charge on any atom is -0.341 e. The van der Waals surface area contributed by atoms with Crippen LogP contribution in [0.3, 0.4) is 0 Å². The predicted octanol–water partition coefficient (Wildman–Crippen LogP) is 6.34. The number of carbonyl (C=O) groups is 1. The summed E-state index contributed by atoms with van der Waals surface area (Å²) in [5.41, 5.74) is 3.68. The number of halogens is 2. The molecule has 0 aliphatic carbocycles. The lowest BCUT2D eigenvalue weighted by Gasteiger charge is -2.06. The molecule has 8 heteroatoms. The Hall–Kier alpha value is -3.52. The van der Waals surface area contributed by atoms with E-state index in [-0.39, 0.29) is 18.1 Å². The molecule has 6 nitrogen and oxygen atoms in total. The summed E-state index contributed by atoms with van der Waals surface area (Å²) in [4.78, 5) is 16.9. The minimum atomic E-state index is -0.358. The van der Waals surface area contributed by atoms with Gasteiger partial charge in [0.05, 0.1) is 0 Å². The molecule has 0 saturated carbocycles. The molecule has 0 aliphatic heterocycles. The van der Waals surface area contributed by atoms with Gasteiger partial charge < -0.3 is 14.4 Å². The van der Waals surface area contributed by atoms with E-state index in [4.69, 9.17) is 4.52 Å². The Balaban J connectivity index is 1.29. The second-order valence-electron chi connectivity index (χ2n) is 7.68. The largest absolute Gasteiger partial charge is 0.341 e. The van der Waals surface area contributed by atoms with Gasteiger partial charge in [-0.25, -0.2) is 4.39 Å². The number of benzene rings is 3. The second kappa shape index (κ2) is 8.78. The standard InChI is InChI=1S/C25H20BrFN4O2/c1-2-31-21-6-4-3-5-17(21)19-14-16(8-10-22(19)31)28-23(32)11-12-24-29-25(30-33-24)18-9-7-15(27)13-20(18)26/h3-10,13-14H,2,11-12H2,1H3,(H,28,32)/i27-1. The molecular weight excluding hydrogens is 486 g/mol. The SMILES string of the molecule is CCn1c2ccccc2c2cc(NC(=O)CCc3nc(-c4ccc([18F])cc4Br)no3)ccc21. The highest BCUT2D eigenvalue weighted by molar-refractivity contribution is 9.10. The molecule has 2 aromatic heterocycles. The summed E-state index contributed by atoms with van der Waals surface area (Å²) in [6, 6.07) is 18.5. The van der Waals surface area contributed by atoms with E-state index in [1.165, 1.54) is 17.6 Å². The highest BCUT2D eigenvalue weighted by Crippen LogP contribution is 2.31. The van der Waals surface area contributed by atoms with Gasteiger partial charge in [-0.15, -0.1) is 0 Å². The van der Waals surface area contributed by atoms with Gasteiger partial charge in [0, 0.05) is 56.9 Å². The molecule has 0 bridgehead atoms. The number of hydrogen-bond donors (Lipinski definition) is 1. The van der Waals surface area contributed by atoms with Gasteiger partial charge in [-0.1, -0.05) is 23.4 Å². The number of para-hydroxylation sites is 1. The maximum Gasteiger partial charge on any atom is 0.227 e. The second-order valence-corrected chi connectivity index (χ2v) is 8.53. The number of rotatable bonds is 6. The third kappa shape index (κ3) is 4.14. The number of aromatic nitrogens is 3. The van der Waals surface area contributed by atoms with Crippen LogP contribution in [0.15, 0.2) is 69.7 Å². The fourth-order valence-electron chi connectivity index (χ4n) is 4.05. The van der Waals surface area contributed by atoms with Crippen LogP contribution in [0.4, 0.5) is 10.1 Å². The van der Waals surface area contributed by atoms with Gasteiger partial charge in [-0.2, -0.15) is 4.98 Å². The zero-order valence-corrected chi connectivity index (χ0v) is 19.4. The Labute approximate surface area is 197 Å². The number of fused-ring (bicyclic) bond motifs is 3. The van der Waals surface area contributed by atoms with Crippen molar-refractivity contribution in [1.29, 1.82) is 0 Å². The Kier molecular flexibility index (Phi) is 5.68. The molecule has 33 heavy (non-hydrogen) atoms. The normalized spacial score (nSPS) is 11.4. The molecule has 1 amide bonds. The molecule has 0 aliphatic rings. The molecule has 0 radical (unpaired) electrons. The summed E-state index contributed by atoms with van der Waals surface area (Å²) in [6.45, 7) is 3.00. The first-order valence-corrected chi connectivity index (χ1v) is 11.4. The molecule has 0 fully saturated rings. The van der Waals surface area contributed by atoms with Crippen molar-refractivity contribution in [3.8, 4) is 11.4 Å². The number of carbonyl (C=O) groups excluding carboxylic acids is 1. The molecule has 0 saturated heterocycles. The Bertz CT molecular complexity index is 1490. The molecule has 5 aromatic rings. The molecule has 166 valence electrons. The van der Waals surface area contributed by atoms with Crippen molar-refractivity contribution in [3.05, 3.63) is 76.8 Å². The molecule has 0 spiro atoms. The smallest absolute Gasteiger partial charge is 0.227 e. The summed E-state index contributed by atoms with van der Waals surface area (Å²) in [5, 5.41) is 9.17. The minimum absolute atomic E-state index is 0.142. The molecule has 0 atom stereocenters. The summed E-state index contributed by atoms with van der Waals surface area (Å²) >= 11 is 3.30. The van der Waals surface area contributed by atoms with Crippen molar-refractivity contribution in [2.24, 2.45) is 0 Å². The van der Waals surface area contributed by atoms with Crippen LogP contribution in [0.1, 0.15) is 19.2 Å². The molecule has 1 N–H and O–H groups in total. The van der Waals surface area contributed by atoms with Crippen LogP contribution in [-0.4, -0.2) is 20.6 Å². The Morgan fingerprint density at radius 2 is 1.91 bits per heavy atom. The van der Waals surface area contributed by atoms with E-state index in [1.807, 2.05) is 30.3 Å². The Morgan fingerprint density at radius 3 is 2.73 bits per heavy atom. The monoisotopic (exact) mass is 505 g/mol. The lowest BCUT2D eigenvalue weighted by molar-refractivity contribution is -0.116. The van der Waals surface area contributed by atoms with Crippen LogP contribution >= 0.6 is 15.9 Å². The predicted molar refractivity (Wildman–Crippen MR) is 129 cm³/mol. The van der Waals surface area contributed by atoms with Gasteiger partial charge in [0.15, 0.2) is 0 Å². The van der Waals surface area contributed by atoms with E-state index in [9.17, 15) is 9.18 Å². The van der Waals surface area contributed by atoms with Gasteiger partial charge in [0.25, 0.3) is 0 Å². The van der Waals surface area contributed by atoms with E-state index >= 15 is 0 Å². The average molecular weight is 506 g/mol. The van der Waals surface area contributed by atoms with E-state index in [0.29, 0.717) is 28.2 Å². The summed E-state index contributed by atoms with van der Waals surface area (Å²) in [7, 11) is 0. The quantitative estimate of drug-likeness (QED) is 0.292. The highest BCUT2D eigenvalue weighted by Gasteiger charge is 2.14. The fourth-order valence-corrected chi connectivity index (χ4v) is 4.58. The number of hydrogen-bond acceptors (Lipinski definition) is 4. The van der Waals surface area contributed by atoms with Gasteiger partial charge >= 0.3 is 0 Å². The van der Waals surface area contributed by atoms with Gasteiger partial charge in [0.1, 0.15) is 5.82 Å².